The minimum Gasteiger partial charge on any atom is -0.342 e. The van der Waals surface area contributed by atoms with Crippen LogP contribution in [0.3, 0.4) is 0 Å². The average Bonchev–Trinajstić information content (AvgIpc) is 2.33. The highest BCUT2D eigenvalue weighted by atomic mass is 32.2. The van der Waals surface area contributed by atoms with Crippen LogP contribution < -0.4 is 0 Å². The summed E-state index contributed by atoms with van der Waals surface area (Å²) in [4.78, 5) is 14.3. The fraction of sp³-hybridized carbons (Fsp3) is 0.462. The lowest BCUT2D eigenvalue weighted by molar-refractivity contribution is -0.129. The number of benzene rings is 1. The maximum Gasteiger partial charge on any atom is 0.235 e. The summed E-state index contributed by atoms with van der Waals surface area (Å²) in [6.45, 7) is 7.09. The molecular formula is C13H18FNOS. The van der Waals surface area contributed by atoms with Crippen molar-refractivity contribution in [2.24, 2.45) is 0 Å². The second-order valence-corrected chi connectivity index (χ2v) is 5.08. The first-order valence-electron chi connectivity index (χ1n) is 5.80. The van der Waals surface area contributed by atoms with E-state index in [2.05, 4.69) is 0 Å². The van der Waals surface area contributed by atoms with E-state index in [1.54, 1.807) is 23.1 Å². The van der Waals surface area contributed by atoms with Gasteiger partial charge in [-0.05, 0) is 32.9 Å². The highest BCUT2D eigenvalue weighted by molar-refractivity contribution is 8.00. The summed E-state index contributed by atoms with van der Waals surface area (Å²) in [6.07, 6.45) is 0. The lowest BCUT2D eigenvalue weighted by atomic mass is 10.3. The number of amides is 1. The van der Waals surface area contributed by atoms with Crippen molar-refractivity contribution in [1.82, 2.24) is 4.90 Å². The second-order valence-electron chi connectivity index (χ2n) is 3.70. The van der Waals surface area contributed by atoms with Gasteiger partial charge in [0.2, 0.25) is 5.91 Å². The van der Waals surface area contributed by atoms with Crippen LogP contribution in [-0.4, -0.2) is 29.1 Å². The van der Waals surface area contributed by atoms with Gasteiger partial charge in [0, 0.05) is 18.0 Å². The highest BCUT2D eigenvalue weighted by Gasteiger charge is 2.20. The Morgan fingerprint density at radius 1 is 1.35 bits per heavy atom. The van der Waals surface area contributed by atoms with E-state index < -0.39 is 0 Å². The third kappa shape index (κ3) is 3.73. The molecule has 1 aromatic carbocycles. The third-order valence-electron chi connectivity index (χ3n) is 2.56. The van der Waals surface area contributed by atoms with Crippen LogP contribution in [0.15, 0.2) is 29.2 Å². The zero-order valence-electron chi connectivity index (χ0n) is 10.4. The molecule has 0 radical (unpaired) electrons. The molecular weight excluding hydrogens is 237 g/mol. The number of carbonyl (C=O) groups excluding carboxylic acids is 1. The SMILES string of the molecule is CCN(CC)C(=O)C(C)Sc1ccccc1F. The monoisotopic (exact) mass is 255 g/mol. The second kappa shape index (κ2) is 6.64. The van der Waals surface area contributed by atoms with Crippen molar-refractivity contribution in [3.63, 3.8) is 0 Å². The first-order chi connectivity index (χ1) is 8.10. The molecule has 0 aliphatic heterocycles. The Kier molecular flexibility index (Phi) is 5.48. The van der Waals surface area contributed by atoms with Gasteiger partial charge in [-0.3, -0.25) is 4.79 Å². The summed E-state index contributed by atoms with van der Waals surface area (Å²) < 4.78 is 13.4. The fourth-order valence-corrected chi connectivity index (χ4v) is 2.54. The third-order valence-corrected chi connectivity index (χ3v) is 3.70. The number of hydrogen-bond acceptors (Lipinski definition) is 2. The Balaban J connectivity index is 2.69. The number of halogens is 1. The maximum absolute atomic E-state index is 13.4. The fourth-order valence-electron chi connectivity index (χ4n) is 1.57. The van der Waals surface area contributed by atoms with Gasteiger partial charge in [0.05, 0.1) is 5.25 Å². The largest absolute Gasteiger partial charge is 0.342 e. The molecule has 0 fully saturated rings. The molecule has 0 bridgehead atoms. The van der Waals surface area contributed by atoms with Gasteiger partial charge in [-0.1, -0.05) is 12.1 Å². The van der Waals surface area contributed by atoms with E-state index in [1.807, 2.05) is 20.8 Å². The minimum atomic E-state index is -0.267. The van der Waals surface area contributed by atoms with Gasteiger partial charge in [0.15, 0.2) is 0 Å². The Morgan fingerprint density at radius 2 is 1.94 bits per heavy atom. The van der Waals surface area contributed by atoms with Crippen molar-refractivity contribution < 1.29 is 9.18 Å². The molecule has 0 saturated heterocycles. The van der Waals surface area contributed by atoms with Crippen LogP contribution in [0.1, 0.15) is 20.8 Å². The lowest BCUT2D eigenvalue weighted by Crippen LogP contribution is -2.36. The molecule has 0 saturated carbocycles. The molecule has 94 valence electrons. The van der Waals surface area contributed by atoms with Crippen molar-refractivity contribution in [2.45, 2.75) is 30.9 Å². The topological polar surface area (TPSA) is 20.3 Å². The number of hydrogen-bond donors (Lipinski definition) is 0. The van der Waals surface area contributed by atoms with Gasteiger partial charge in [-0.15, -0.1) is 11.8 Å². The van der Waals surface area contributed by atoms with Crippen molar-refractivity contribution in [3.05, 3.63) is 30.1 Å². The summed E-state index contributed by atoms with van der Waals surface area (Å²) in [6, 6.07) is 6.54. The summed E-state index contributed by atoms with van der Waals surface area (Å²) in [5.41, 5.74) is 0. The van der Waals surface area contributed by atoms with E-state index in [1.165, 1.54) is 17.8 Å². The Morgan fingerprint density at radius 3 is 2.47 bits per heavy atom. The van der Waals surface area contributed by atoms with Crippen LogP contribution in [0, 0.1) is 5.82 Å². The molecule has 1 aromatic rings. The predicted molar refractivity (Wildman–Crippen MR) is 69.6 cm³/mol. The van der Waals surface area contributed by atoms with Crippen LogP contribution in [0.25, 0.3) is 0 Å². The number of rotatable bonds is 5. The van der Waals surface area contributed by atoms with Crippen LogP contribution >= 0.6 is 11.8 Å². The lowest BCUT2D eigenvalue weighted by Gasteiger charge is -2.22. The van der Waals surface area contributed by atoms with Gasteiger partial charge < -0.3 is 4.90 Å². The molecule has 17 heavy (non-hydrogen) atoms. The molecule has 0 heterocycles. The molecule has 4 heteroatoms. The molecule has 1 atom stereocenters. The van der Waals surface area contributed by atoms with Crippen LogP contribution in [-0.2, 0) is 4.79 Å². The van der Waals surface area contributed by atoms with Crippen LogP contribution in [0.2, 0.25) is 0 Å². The quantitative estimate of drug-likeness (QED) is 0.753. The highest BCUT2D eigenvalue weighted by Crippen LogP contribution is 2.26. The summed E-state index contributed by atoms with van der Waals surface area (Å²) >= 11 is 1.27. The molecule has 0 spiro atoms. The number of nitrogens with zero attached hydrogens (tertiary/aromatic N) is 1. The zero-order valence-corrected chi connectivity index (χ0v) is 11.3. The van der Waals surface area contributed by atoms with Crippen molar-refractivity contribution in [1.29, 1.82) is 0 Å². The van der Waals surface area contributed by atoms with E-state index in [0.717, 1.165) is 0 Å². The molecule has 2 nitrogen and oxygen atoms in total. The van der Waals surface area contributed by atoms with Crippen LogP contribution in [0.4, 0.5) is 4.39 Å². The van der Waals surface area contributed by atoms with Gasteiger partial charge >= 0.3 is 0 Å². The summed E-state index contributed by atoms with van der Waals surface area (Å²) in [5, 5.41) is -0.258. The molecule has 0 aromatic heterocycles. The average molecular weight is 255 g/mol. The van der Waals surface area contributed by atoms with Crippen molar-refractivity contribution >= 4 is 17.7 Å². The standard InChI is InChI=1S/C13H18FNOS/c1-4-15(5-2)13(16)10(3)17-12-9-7-6-8-11(12)14/h6-10H,4-5H2,1-3H3. The van der Waals surface area contributed by atoms with E-state index in [4.69, 9.17) is 0 Å². The van der Waals surface area contributed by atoms with Gasteiger partial charge in [-0.2, -0.15) is 0 Å². The minimum absolute atomic E-state index is 0.0586. The Labute approximate surface area is 106 Å². The van der Waals surface area contributed by atoms with Gasteiger partial charge in [0.1, 0.15) is 5.82 Å². The predicted octanol–water partition coefficient (Wildman–Crippen LogP) is 3.17. The van der Waals surface area contributed by atoms with E-state index in [0.29, 0.717) is 18.0 Å². The maximum atomic E-state index is 13.4. The first kappa shape index (κ1) is 14.0. The van der Waals surface area contributed by atoms with Crippen LogP contribution in [0.5, 0.6) is 0 Å². The smallest absolute Gasteiger partial charge is 0.235 e. The molecule has 0 aliphatic carbocycles. The van der Waals surface area contributed by atoms with E-state index >= 15 is 0 Å². The normalized spacial score (nSPS) is 12.2. The summed E-state index contributed by atoms with van der Waals surface area (Å²) in [5.74, 6) is -0.208. The number of carbonyl (C=O) groups is 1. The van der Waals surface area contributed by atoms with E-state index in [-0.39, 0.29) is 17.0 Å². The zero-order chi connectivity index (χ0) is 12.8. The first-order valence-corrected chi connectivity index (χ1v) is 6.68. The van der Waals surface area contributed by atoms with Crippen molar-refractivity contribution in [2.75, 3.05) is 13.1 Å². The summed E-state index contributed by atoms with van der Waals surface area (Å²) in [7, 11) is 0. The molecule has 0 N–H and O–H groups in total. The Bertz CT molecular complexity index is 379. The molecule has 1 rings (SSSR count). The van der Waals surface area contributed by atoms with Gasteiger partial charge in [0.25, 0.3) is 0 Å². The van der Waals surface area contributed by atoms with Gasteiger partial charge in [-0.25, -0.2) is 4.39 Å². The molecule has 0 aliphatic rings. The molecule has 1 unspecified atom stereocenters. The van der Waals surface area contributed by atoms with Crippen molar-refractivity contribution in [3.8, 4) is 0 Å². The Hall–Kier alpha value is -1.03. The molecule has 1 amide bonds. The number of thioether (sulfide) groups is 1. The van der Waals surface area contributed by atoms with E-state index in [9.17, 15) is 9.18 Å².